The molecule has 0 fully saturated rings. The Morgan fingerprint density at radius 1 is 1.12 bits per heavy atom. The smallest absolute Gasteiger partial charge is 0.305 e. The molecule has 11 nitrogen and oxygen atoms in total. The van der Waals surface area contributed by atoms with E-state index in [2.05, 4.69) is 20.7 Å². The van der Waals surface area contributed by atoms with Crippen LogP contribution in [0.25, 0.3) is 10.4 Å². The number of para-hydroxylation sites is 2. The first-order valence-corrected chi connectivity index (χ1v) is 9.58. The van der Waals surface area contributed by atoms with Crippen molar-refractivity contribution >= 4 is 17.8 Å². The number of amides is 2. The van der Waals surface area contributed by atoms with Crippen LogP contribution in [0.3, 0.4) is 0 Å². The van der Waals surface area contributed by atoms with E-state index in [-0.39, 0.29) is 32.0 Å². The van der Waals surface area contributed by atoms with Crippen molar-refractivity contribution in [3.05, 3.63) is 70.1 Å². The third-order valence-corrected chi connectivity index (χ3v) is 4.26. The second-order valence-electron chi connectivity index (χ2n) is 6.59. The van der Waals surface area contributed by atoms with Crippen molar-refractivity contribution in [1.82, 2.24) is 10.6 Å². The highest BCUT2D eigenvalue weighted by Crippen LogP contribution is 2.25. The fraction of sp³-hybridized carbons (Fsp3) is 0.286. The van der Waals surface area contributed by atoms with Crippen molar-refractivity contribution in [2.75, 3.05) is 20.3 Å². The number of azide groups is 1. The number of hydrogen-bond acceptors (Lipinski definition) is 6. The summed E-state index contributed by atoms with van der Waals surface area (Å²) in [6, 6.07) is 12.6. The molecule has 2 rings (SSSR count). The van der Waals surface area contributed by atoms with E-state index in [0.717, 1.165) is 5.56 Å². The molecule has 0 bridgehead atoms. The van der Waals surface area contributed by atoms with E-state index in [9.17, 15) is 14.4 Å². The van der Waals surface area contributed by atoms with Crippen LogP contribution in [0.4, 0.5) is 0 Å². The van der Waals surface area contributed by atoms with E-state index < -0.39 is 17.9 Å². The highest BCUT2D eigenvalue weighted by Gasteiger charge is 2.16. The SMILES string of the molecule is COc1ccccc1OCC(=O)NCc1ccc(C(=O)N[C@H](CN=[N+]=[N-])CC(=O)O)cc1. The Bertz CT molecular complexity index is 984. The molecule has 32 heavy (non-hydrogen) atoms. The van der Waals surface area contributed by atoms with Gasteiger partial charge in [-0.2, -0.15) is 0 Å². The van der Waals surface area contributed by atoms with Crippen molar-refractivity contribution in [3.8, 4) is 11.5 Å². The van der Waals surface area contributed by atoms with Crippen molar-refractivity contribution in [1.29, 1.82) is 0 Å². The monoisotopic (exact) mass is 441 g/mol. The van der Waals surface area contributed by atoms with Crippen LogP contribution in [0, 0.1) is 0 Å². The number of aliphatic carboxylic acids is 1. The molecule has 0 saturated heterocycles. The van der Waals surface area contributed by atoms with E-state index in [1.54, 1.807) is 48.5 Å². The van der Waals surface area contributed by atoms with E-state index >= 15 is 0 Å². The van der Waals surface area contributed by atoms with Crippen LogP contribution in [-0.2, 0) is 16.1 Å². The number of benzene rings is 2. The van der Waals surface area contributed by atoms with Gasteiger partial charge in [0.2, 0.25) is 0 Å². The lowest BCUT2D eigenvalue weighted by atomic mass is 10.1. The maximum absolute atomic E-state index is 12.3. The number of nitrogens with zero attached hydrogens (tertiary/aromatic N) is 3. The van der Waals surface area contributed by atoms with E-state index in [4.69, 9.17) is 20.1 Å². The molecule has 168 valence electrons. The molecule has 1 atom stereocenters. The zero-order valence-corrected chi connectivity index (χ0v) is 17.4. The standard InChI is InChI=1S/C21H23N5O6/c1-31-17-4-2-3-5-18(17)32-13-19(27)23-11-14-6-8-15(9-7-14)21(30)25-16(10-20(28)29)12-24-26-22/h2-9,16H,10-13H2,1H3,(H,23,27)(H,25,30)(H,28,29)/t16-/m0/s1. The van der Waals surface area contributed by atoms with Gasteiger partial charge in [-0.15, -0.1) is 0 Å². The number of carbonyl (C=O) groups excluding carboxylic acids is 2. The first kappa shape index (κ1) is 24.0. The maximum atomic E-state index is 12.3. The summed E-state index contributed by atoms with van der Waals surface area (Å²) in [5, 5.41) is 17.5. The van der Waals surface area contributed by atoms with Gasteiger partial charge < -0.3 is 25.2 Å². The van der Waals surface area contributed by atoms with Gasteiger partial charge in [-0.3, -0.25) is 14.4 Å². The Hall–Kier alpha value is -4.24. The lowest BCUT2D eigenvalue weighted by Gasteiger charge is -2.14. The number of rotatable bonds is 12. The third kappa shape index (κ3) is 7.88. The predicted octanol–water partition coefficient (Wildman–Crippen LogP) is 2.27. The molecule has 0 aliphatic carbocycles. The van der Waals surface area contributed by atoms with Crippen molar-refractivity contribution < 1.29 is 29.0 Å². The van der Waals surface area contributed by atoms with Gasteiger partial charge in [-0.05, 0) is 35.4 Å². The van der Waals surface area contributed by atoms with Gasteiger partial charge in [0.1, 0.15) is 0 Å². The van der Waals surface area contributed by atoms with Crippen molar-refractivity contribution in [2.45, 2.75) is 19.0 Å². The molecule has 2 amide bonds. The molecule has 11 heteroatoms. The second-order valence-corrected chi connectivity index (χ2v) is 6.59. The zero-order chi connectivity index (χ0) is 23.3. The summed E-state index contributed by atoms with van der Waals surface area (Å²) in [7, 11) is 1.51. The summed E-state index contributed by atoms with van der Waals surface area (Å²) < 4.78 is 10.6. The zero-order valence-electron chi connectivity index (χ0n) is 17.4. The fourth-order valence-corrected chi connectivity index (χ4v) is 2.68. The third-order valence-electron chi connectivity index (χ3n) is 4.26. The highest BCUT2D eigenvalue weighted by molar-refractivity contribution is 5.94. The molecule has 0 aliphatic heterocycles. The van der Waals surface area contributed by atoms with Crippen LogP contribution in [0.1, 0.15) is 22.3 Å². The Morgan fingerprint density at radius 2 is 1.81 bits per heavy atom. The maximum Gasteiger partial charge on any atom is 0.305 e. The Kier molecular flexibility index (Phi) is 9.35. The van der Waals surface area contributed by atoms with Gasteiger partial charge >= 0.3 is 5.97 Å². The molecule has 0 aliphatic rings. The number of hydrogen-bond donors (Lipinski definition) is 3. The minimum absolute atomic E-state index is 0.171. The summed E-state index contributed by atoms with van der Waals surface area (Å²) in [5.74, 6) is -0.956. The summed E-state index contributed by atoms with van der Waals surface area (Å²) in [6.45, 7) is -0.124. The summed E-state index contributed by atoms with van der Waals surface area (Å²) in [6.07, 6.45) is -0.369. The minimum Gasteiger partial charge on any atom is -0.493 e. The molecule has 2 aromatic carbocycles. The molecular formula is C21H23N5O6. The molecule has 3 N–H and O–H groups in total. The van der Waals surface area contributed by atoms with Crippen LogP contribution in [0.5, 0.6) is 11.5 Å². The minimum atomic E-state index is -1.12. The molecule has 0 unspecified atom stereocenters. The quantitative estimate of drug-likeness (QED) is 0.260. The van der Waals surface area contributed by atoms with Crippen LogP contribution in [-0.4, -0.2) is 49.2 Å². The van der Waals surface area contributed by atoms with Gasteiger partial charge in [0.25, 0.3) is 11.8 Å². The predicted molar refractivity (Wildman–Crippen MR) is 114 cm³/mol. The molecule has 0 aromatic heterocycles. The van der Waals surface area contributed by atoms with Crippen LogP contribution >= 0.6 is 0 Å². The van der Waals surface area contributed by atoms with Crippen LogP contribution < -0.4 is 20.1 Å². The number of ether oxygens (including phenoxy) is 2. The summed E-state index contributed by atoms with van der Waals surface area (Å²) in [5.41, 5.74) is 9.45. The number of carbonyl (C=O) groups is 3. The Labute approximate surface area is 184 Å². The molecule has 2 aromatic rings. The van der Waals surface area contributed by atoms with E-state index in [1.807, 2.05) is 0 Å². The normalized spacial score (nSPS) is 10.9. The first-order chi connectivity index (χ1) is 15.4. The van der Waals surface area contributed by atoms with Gasteiger partial charge in [-0.1, -0.05) is 29.4 Å². The largest absolute Gasteiger partial charge is 0.493 e. The Morgan fingerprint density at radius 3 is 2.44 bits per heavy atom. The van der Waals surface area contributed by atoms with Crippen LogP contribution in [0.15, 0.2) is 53.6 Å². The fourth-order valence-electron chi connectivity index (χ4n) is 2.68. The van der Waals surface area contributed by atoms with Crippen LogP contribution in [0.2, 0.25) is 0 Å². The number of carboxylic acid groups (broad SMARTS) is 1. The van der Waals surface area contributed by atoms with Crippen molar-refractivity contribution in [2.24, 2.45) is 5.11 Å². The topological polar surface area (TPSA) is 163 Å². The summed E-state index contributed by atoms with van der Waals surface area (Å²) in [4.78, 5) is 37.8. The highest BCUT2D eigenvalue weighted by atomic mass is 16.5. The average Bonchev–Trinajstić information content (AvgIpc) is 2.79. The molecule has 0 spiro atoms. The summed E-state index contributed by atoms with van der Waals surface area (Å²) >= 11 is 0. The number of methoxy groups -OCH3 is 1. The molecular weight excluding hydrogens is 418 g/mol. The van der Waals surface area contributed by atoms with Gasteiger partial charge in [0.05, 0.1) is 13.5 Å². The second kappa shape index (κ2) is 12.5. The number of nitrogens with one attached hydrogen (secondary N) is 2. The number of carboxylic acids is 1. The van der Waals surface area contributed by atoms with E-state index in [0.29, 0.717) is 17.1 Å². The van der Waals surface area contributed by atoms with E-state index in [1.165, 1.54) is 7.11 Å². The lowest BCUT2D eigenvalue weighted by molar-refractivity contribution is -0.137. The van der Waals surface area contributed by atoms with Crippen molar-refractivity contribution in [3.63, 3.8) is 0 Å². The molecule has 0 heterocycles. The average molecular weight is 441 g/mol. The van der Waals surface area contributed by atoms with Gasteiger partial charge in [0.15, 0.2) is 18.1 Å². The van der Waals surface area contributed by atoms with Gasteiger partial charge in [-0.25, -0.2) is 0 Å². The Balaban J connectivity index is 1.84. The van der Waals surface area contributed by atoms with Gasteiger partial charge in [0, 0.05) is 29.6 Å². The molecule has 0 saturated carbocycles. The molecule has 0 radical (unpaired) electrons. The lowest BCUT2D eigenvalue weighted by Crippen LogP contribution is -2.38. The first-order valence-electron chi connectivity index (χ1n) is 9.58.